The lowest BCUT2D eigenvalue weighted by atomic mass is 9.72. The van der Waals surface area contributed by atoms with E-state index < -0.39 is 0 Å². The van der Waals surface area contributed by atoms with E-state index in [2.05, 4.69) is 0 Å². The number of ketones is 1. The standard InChI is InChI=1S/C10H15NO/c11-8-5-7-3-1-2-4-9(7)10(12)6-8/h6-7,9H,1-5,11H2. The van der Waals surface area contributed by atoms with Crippen molar-refractivity contribution in [3.05, 3.63) is 11.8 Å². The van der Waals surface area contributed by atoms with Gasteiger partial charge in [0.2, 0.25) is 0 Å². The van der Waals surface area contributed by atoms with Gasteiger partial charge in [-0.3, -0.25) is 4.79 Å². The number of carbonyl (C=O) groups excluding carboxylic acids is 1. The number of carbonyl (C=O) groups is 1. The van der Waals surface area contributed by atoms with Gasteiger partial charge in [-0.05, 0) is 25.2 Å². The molecule has 2 aliphatic carbocycles. The highest BCUT2D eigenvalue weighted by atomic mass is 16.1. The molecule has 2 heteroatoms. The van der Waals surface area contributed by atoms with Gasteiger partial charge in [0.25, 0.3) is 0 Å². The zero-order chi connectivity index (χ0) is 8.55. The number of nitrogens with two attached hydrogens (primary N) is 1. The summed E-state index contributed by atoms with van der Waals surface area (Å²) >= 11 is 0. The normalized spacial score (nSPS) is 35.7. The molecule has 2 rings (SSSR count). The lowest BCUT2D eigenvalue weighted by Gasteiger charge is -2.32. The molecule has 2 atom stereocenters. The fraction of sp³-hybridized carbons (Fsp3) is 0.700. The predicted octanol–water partition coefficient (Wildman–Crippen LogP) is 1.61. The van der Waals surface area contributed by atoms with Crippen LogP contribution in [0.15, 0.2) is 11.8 Å². The van der Waals surface area contributed by atoms with Gasteiger partial charge >= 0.3 is 0 Å². The largest absolute Gasteiger partial charge is 0.402 e. The Balaban J connectivity index is 2.18. The van der Waals surface area contributed by atoms with E-state index in [0.717, 1.165) is 18.5 Å². The molecule has 66 valence electrons. The smallest absolute Gasteiger partial charge is 0.160 e. The Morgan fingerprint density at radius 3 is 2.92 bits per heavy atom. The van der Waals surface area contributed by atoms with Gasteiger partial charge in [0.15, 0.2) is 5.78 Å². The first-order valence-electron chi connectivity index (χ1n) is 4.77. The van der Waals surface area contributed by atoms with Crippen LogP contribution in [-0.2, 0) is 4.79 Å². The molecular weight excluding hydrogens is 150 g/mol. The summed E-state index contributed by atoms with van der Waals surface area (Å²) in [5, 5.41) is 0. The van der Waals surface area contributed by atoms with Gasteiger partial charge in [-0.1, -0.05) is 12.8 Å². The van der Waals surface area contributed by atoms with Crippen LogP contribution in [0.2, 0.25) is 0 Å². The lowest BCUT2D eigenvalue weighted by molar-refractivity contribution is -0.121. The van der Waals surface area contributed by atoms with Crippen molar-refractivity contribution in [3.63, 3.8) is 0 Å². The quantitative estimate of drug-likeness (QED) is 0.592. The summed E-state index contributed by atoms with van der Waals surface area (Å²) in [6, 6.07) is 0. The summed E-state index contributed by atoms with van der Waals surface area (Å²) in [6.45, 7) is 0. The highest BCUT2D eigenvalue weighted by Gasteiger charge is 2.32. The molecular formula is C10H15NO. The van der Waals surface area contributed by atoms with Gasteiger partial charge in [-0.15, -0.1) is 0 Å². The maximum absolute atomic E-state index is 11.5. The molecule has 0 heterocycles. The second-order valence-electron chi connectivity index (χ2n) is 3.98. The minimum Gasteiger partial charge on any atom is -0.402 e. The monoisotopic (exact) mass is 165 g/mol. The van der Waals surface area contributed by atoms with E-state index in [4.69, 9.17) is 5.73 Å². The minimum absolute atomic E-state index is 0.281. The van der Waals surface area contributed by atoms with Crippen LogP contribution in [0.3, 0.4) is 0 Å². The van der Waals surface area contributed by atoms with E-state index in [1.807, 2.05) is 0 Å². The third-order valence-electron chi connectivity index (χ3n) is 3.10. The Morgan fingerprint density at radius 1 is 1.33 bits per heavy atom. The number of rotatable bonds is 0. The number of hydrogen-bond donors (Lipinski definition) is 1. The van der Waals surface area contributed by atoms with Crippen molar-refractivity contribution in [1.29, 1.82) is 0 Å². The average molecular weight is 165 g/mol. The molecule has 0 aromatic rings. The van der Waals surface area contributed by atoms with Gasteiger partial charge in [0.1, 0.15) is 0 Å². The second-order valence-corrected chi connectivity index (χ2v) is 3.98. The van der Waals surface area contributed by atoms with Crippen LogP contribution in [0, 0.1) is 11.8 Å². The molecule has 1 saturated carbocycles. The van der Waals surface area contributed by atoms with Crippen LogP contribution >= 0.6 is 0 Å². The van der Waals surface area contributed by atoms with Gasteiger partial charge in [-0.25, -0.2) is 0 Å². The predicted molar refractivity (Wildman–Crippen MR) is 47.3 cm³/mol. The SMILES string of the molecule is NC1=CC(=O)C2CCCCC2C1. The highest BCUT2D eigenvalue weighted by molar-refractivity contribution is 5.93. The van der Waals surface area contributed by atoms with E-state index in [-0.39, 0.29) is 5.78 Å². The van der Waals surface area contributed by atoms with Crippen molar-refractivity contribution in [3.8, 4) is 0 Å². The Labute approximate surface area is 72.8 Å². The fourth-order valence-corrected chi connectivity index (χ4v) is 2.48. The number of hydrogen-bond acceptors (Lipinski definition) is 2. The van der Waals surface area contributed by atoms with Crippen LogP contribution in [0.4, 0.5) is 0 Å². The molecule has 1 fully saturated rings. The minimum atomic E-state index is 0.281. The Kier molecular flexibility index (Phi) is 1.91. The maximum Gasteiger partial charge on any atom is 0.160 e. The van der Waals surface area contributed by atoms with Crippen molar-refractivity contribution in [2.24, 2.45) is 17.6 Å². The Hall–Kier alpha value is -0.790. The first-order valence-corrected chi connectivity index (χ1v) is 4.77. The van der Waals surface area contributed by atoms with Crippen LogP contribution in [0.25, 0.3) is 0 Å². The van der Waals surface area contributed by atoms with Crippen molar-refractivity contribution >= 4 is 5.78 Å². The third kappa shape index (κ3) is 1.26. The van der Waals surface area contributed by atoms with Crippen molar-refractivity contribution in [1.82, 2.24) is 0 Å². The van der Waals surface area contributed by atoms with Gasteiger partial charge in [0, 0.05) is 17.7 Å². The molecule has 0 aromatic heterocycles. The van der Waals surface area contributed by atoms with Crippen LogP contribution in [0.5, 0.6) is 0 Å². The summed E-state index contributed by atoms with van der Waals surface area (Å²) in [5.74, 6) is 1.16. The second kappa shape index (κ2) is 2.92. The van der Waals surface area contributed by atoms with E-state index in [0.29, 0.717) is 11.8 Å². The molecule has 0 spiro atoms. The lowest BCUT2D eigenvalue weighted by Crippen LogP contribution is -2.31. The zero-order valence-corrected chi connectivity index (χ0v) is 7.25. The summed E-state index contributed by atoms with van der Waals surface area (Å²) < 4.78 is 0. The van der Waals surface area contributed by atoms with Gasteiger partial charge in [0.05, 0.1) is 0 Å². The van der Waals surface area contributed by atoms with Crippen LogP contribution in [0.1, 0.15) is 32.1 Å². The molecule has 2 nitrogen and oxygen atoms in total. The van der Waals surface area contributed by atoms with Crippen molar-refractivity contribution < 1.29 is 4.79 Å². The zero-order valence-electron chi connectivity index (χ0n) is 7.25. The molecule has 2 N–H and O–H groups in total. The van der Waals surface area contributed by atoms with Crippen molar-refractivity contribution in [2.45, 2.75) is 32.1 Å². The van der Waals surface area contributed by atoms with E-state index in [1.54, 1.807) is 6.08 Å². The molecule has 0 aromatic carbocycles. The molecule has 12 heavy (non-hydrogen) atoms. The van der Waals surface area contributed by atoms with E-state index in [1.165, 1.54) is 19.3 Å². The molecule has 2 aliphatic rings. The number of fused-ring (bicyclic) bond motifs is 1. The molecule has 0 amide bonds. The summed E-state index contributed by atoms with van der Waals surface area (Å²) in [6.07, 6.45) is 7.39. The first-order chi connectivity index (χ1) is 5.77. The Morgan fingerprint density at radius 2 is 2.08 bits per heavy atom. The molecule has 0 aliphatic heterocycles. The molecule has 0 radical (unpaired) electrons. The van der Waals surface area contributed by atoms with Crippen molar-refractivity contribution in [2.75, 3.05) is 0 Å². The van der Waals surface area contributed by atoms with Gasteiger partial charge < -0.3 is 5.73 Å². The Bertz CT molecular complexity index is 232. The molecule has 0 saturated heterocycles. The topological polar surface area (TPSA) is 43.1 Å². The van der Waals surface area contributed by atoms with E-state index >= 15 is 0 Å². The fourth-order valence-electron chi connectivity index (χ4n) is 2.48. The molecule has 2 unspecified atom stereocenters. The summed E-state index contributed by atoms with van der Waals surface area (Å²) in [5.41, 5.74) is 6.47. The van der Waals surface area contributed by atoms with E-state index in [9.17, 15) is 4.79 Å². The maximum atomic E-state index is 11.5. The molecule has 0 bridgehead atoms. The highest BCUT2D eigenvalue weighted by Crippen LogP contribution is 2.36. The van der Waals surface area contributed by atoms with Crippen LogP contribution < -0.4 is 5.73 Å². The van der Waals surface area contributed by atoms with Gasteiger partial charge in [-0.2, -0.15) is 0 Å². The summed E-state index contributed by atoms with van der Waals surface area (Å²) in [7, 11) is 0. The summed E-state index contributed by atoms with van der Waals surface area (Å²) in [4.78, 5) is 11.5. The first kappa shape index (κ1) is 7.84. The number of allylic oxidation sites excluding steroid dienone is 2. The average Bonchev–Trinajstić information content (AvgIpc) is 2.04. The van der Waals surface area contributed by atoms with Crippen LogP contribution in [-0.4, -0.2) is 5.78 Å². The third-order valence-corrected chi connectivity index (χ3v) is 3.10.